The summed E-state index contributed by atoms with van der Waals surface area (Å²) in [6, 6.07) is 0. The third-order valence-electron chi connectivity index (χ3n) is 10.9. The molecule has 0 spiro atoms. The first-order valence-corrected chi connectivity index (χ1v) is 24.0. The van der Waals surface area contributed by atoms with Gasteiger partial charge in [-0.1, -0.05) is 233 Å². The summed E-state index contributed by atoms with van der Waals surface area (Å²) in [5.41, 5.74) is 0. The van der Waals surface area contributed by atoms with Gasteiger partial charge in [0.05, 0.1) is 0 Å². The number of hydrogen-bond acceptors (Lipinski definition) is 6. The van der Waals surface area contributed by atoms with E-state index >= 15 is 0 Å². The van der Waals surface area contributed by atoms with E-state index in [1.165, 1.54) is 167 Å². The summed E-state index contributed by atoms with van der Waals surface area (Å²) < 4.78 is 16.6. The first-order chi connectivity index (χ1) is 26.5. The molecule has 0 radical (unpaired) electrons. The van der Waals surface area contributed by atoms with Gasteiger partial charge in [-0.15, -0.1) is 0 Å². The minimum atomic E-state index is -0.756. The largest absolute Gasteiger partial charge is 0.462 e. The van der Waals surface area contributed by atoms with Gasteiger partial charge in [-0.2, -0.15) is 0 Å². The van der Waals surface area contributed by atoms with Crippen LogP contribution in [0.4, 0.5) is 0 Å². The van der Waals surface area contributed by atoms with Crippen LogP contribution in [0, 0.1) is 0 Å². The van der Waals surface area contributed by atoms with Gasteiger partial charge >= 0.3 is 17.9 Å². The first kappa shape index (κ1) is 52.4. The highest BCUT2D eigenvalue weighted by Crippen LogP contribution is 2.16. The Bertz CT molecular complexity index is 798. The van der Waals surface area contributed by atoms with Crippen molar-refractivity contribution < 1.29 is 28.6 Å². The fourth-order valence-corrected chi connectivity index (χ4v) is 7.21. The molecule has 6 heteroatoms. The fourth-order valence-electron chi connectivity index (χ4n) is 7.21. The minimum absolute atomic E-state index is 0.0639. The van der Waals surface area contributed by atoms with Crippen molar-refractivity contribution in [2.24, 2.45) is 0 Å². The monoisotopic (exact) mass is 765 g/mol. The van der Waals surface area contributed by atoms with Crippen molar-refractivity contribution in [3.63, 3.8) is 0 Å². The summed E-state index contributed by atoms with van der Waals surface area (Å²) in [6.07, 6.45) is 45.6. The molecule has 0 aromatic rings. The molecule has 0 fully saturated rings. The summed E-state index contributed by atoms with van der Waals surface area (Å²) in [5.74, 6) is -0.866. The number of unbranched alkanes of at least 4 members (excludes halogenated alkanes) is 33. The maximum absolute atomic E-state index is 12.6. The number of ether oxygens (including phenoxy) is 3. The summed E-state index contributed by atoms with van der Waals surface area (Å²) in [5, 5.41) is 0. The molecule has 0 aliphatic heterocycles. The molecule has 0 heterocycles. The molecule has 0 aliphatic rings. The van der Waals surface area contributed by atoms with Crippen molar-refractivity contribution in [2.75, 3.05) is 13.2 Å². The van der Waals surface area contributed by atoms with E-state index in [-0.39, 0.29) is 31.1 Å². The van der Waals surface area contributed by atoms with Gasteiger partial charge in [0.1, 0.15) is 13.2 Å². The topological polar surface area (TPSA) is 78.9 Å². The van der Waals surface area contributed by atoms with E-state index in [4.69, 9.17) is 14.2 Å². The average molecular weight is 765 g/mol. The predicted octanol–water partition coefficient (Wildman–Crippen LogP) is 15.3. The summed E-state index contributed by atoms with van der Waals surface area (Å²) in [4.78, 5) is 37.4. The van der Waals surface area contributed by atoms with Crippen LogP contribution >= 0.6 is 0 Å². The number of hydrogen-bond donors (Lipinski definition) is 0. The zero-order valence-electron chi connectivity index (χ0n) is 36.5. The second-order valence-electron chi connectivity index (χ2n) is 16.4. The van der Waals surface area contributed by atoms with Crippen molar-refractivity contribution in [2.45, 2.75) is 277 Å². The zero-order valence-corrected chi connectivity index (χ0v) is 36.5. The zero-order chi connectivity index (χ0) is 39.4. The van der Waals surface area contributed by atoms with Crippen molar-refractivity contribution in [3.8, 4) is 0 Å². The molecule has 0 saturated heterocycles. The van der Waals surface area contributed by atoms with E-state index in [2.05, 4.69) is 20.8 Å². The maximum Gasteiger partial charge on any atom is 0.306 e. The molecule has 0 bridgehead atoms. The van der Waals surface area contributed by atoms with Gasteiger partial charge in [0.15, 0.2) is 6.10 Å². The molecule has 1 unspecified atom stereocenters. The number of rotatable bonds is 44. The number of esters is 3. The predicted molar refractivity (Wildman–Crippen MR) is 229 cm³/mol. The van der Waals surface area contributed by atoms with Crippen LogP contribution in [0.3, 0.4) is 0 Å². The third kappa shape index (κ3) is 41.6. The van der Waals surface area contributed by atoms with E-state index < -0.39 is 6.10 Å². The quantitative estimate of drug-likeness (QED) is 0.0349. The van der Waals surface area contributed by atoms with E-state index in [9.17, 15) is 14.4 Å². The van der Waals surface area contributed by atoms with Crippen LogP contribution in [0.2, 0.25) is 0 Å². The molecule has 54 heavy (non-hydrogen) atoms. The Kier molecular flexibility index (Phi) is 42.8. The summed E-state index contributed by atoms with van der Waals surface area (Å²) in [6.45, 7) is 6.57. The van der Waals surface area contributed by atoms with E-state index in [1.807, 2.05) is 0 Å². The molecule has 1 atom stereocenters. The molecule has 6 nitrogen and oxygen atoms in total. The van der Waals surface area contributed by atoms with Crippen molar-refractivity contribution in [3.05, 3.63) is 0 Å². The van der Waals surface area contributed by atoms with Crippen LogP contribution in [0.25, 0.3) is 0 Å². The van der Waals surface area contributed by atoms with Gasteiger partial charge in [0.25, 0.3) is 0 Å². The van der Waals surface area contributed by atoms with Crippen LogP contribution < -0.4 is 0 Å². The van der Waals surface area contributed by atoms with Gasteiger partial charge in [-0.25, -0.2) is 0 Å². The Balaban J connectivity index is 4.02. The molecular formula is C48H92O6. The first-order valence-electron chi connectivity index (χ1n) is 24.0. The van der Waals surface area contributed by atoms with Crippen molar-refractivity contribution >= 4 is 17.9 Å². The van der Waals surface area contributed by atoms with E-state index in [1.54, 1.807) is 0 Å². The molecule has 0 amide bonds. The molecule has 0 aromatic carbocycles. The Morgan fingerprint density at radius 3 is 0.741 bits per heavy atom. The lowest BCUT2D eigenvalue weighted by atomic mass is 10.0. The normalized spacial score (nSPS) is 11.8. The van der Waals surface area contributed by atoms with Gasteiger partial charge < -0.3 is 14.2 Å². The van der Waals surface area contributed by atoms with Crippen LogP contribution in [0.15, 0.2) is 0 Å². The SMILES string of the molecule is CCCCCCCCCCCCCCCCCCCCCCCC(=O)OCC(COC(=O)CCCCCCC)OC(=O)CCCCCCCCCCCC. The molecule has 0 N–H and O–H groups in total. The number of carbonyl (C=O) groups excluding carboxylic acids is 3. The van der Waals surface area contributed by atoms with Crippen LogP contribution in [-0.4, -0.2) is 37.2 Å². The van der Waals surface area contributed by atoms with Crippen LogP contribution in [-0.2, 0) is 28.6 Å². The Morgan fingerprint density at radius 1 is 0.296 bits per heavy atom. The Morgan fingerprint density at radius 2 is 0.500 bits per heavy atom. The lowest BCUT2D eigenvalue weighted by molar-refractivity contribution is -0.167. The van der Waals surface area contributed by atoms with Crippen LogP contribution in [0.5, 0.6) is 0 Å². The molecule has 0 saturated carbocycles. The molecule has 0 rings (SSSR count). The highest BCUT2D eigenvalue weighted by Gasteiger charge is 2.19. The highest BCUT2D eigenvalue weighted by atomic mass is 16.6. The highest BCUT2D eigenvalue weighted by molar-refractivity contribution is 5.71. The van der Waals surface area contributed by atoms with Gasteiger partial charge in [0.2, 0.25) is 0 Å². The van der Waals surface area contributed by atoms with Gasteiger partial charge in [-0.3, -0.25) is 14.4 Å². The smallest absolute Gasteiger partial charge is 0.306 e. The van der Waals surface area contributed by atoms with E-state index in [0.717, 1.165) is 64.2 Å². The third-order valence-corrected chi connectivity index (χ3v) is 10.9. The summed E-state index contributed by atoms with van der Waals surface area (Å²) >= 11 is 0. The standard InChI is InChI=1S/C48H92O6/c1-4-7-10-13-15-17-19-20-21-22-23-24-25-26-27-28-29-31-32-35-38-41-47(50)53-44-45(43-52-46(49)40-37-34-12-9-6-3)54-48(51)42-39-36-33-30-18-16-14-11-8-5-2/h45H,4-44H2,1-3H3. The van der Waals surface area contributed by atoms with Gasteiger partial charge in [0, 0.05) is 19.3 Å². The second kappa shape index (κ2) is 44.1. The lowest BCUT2D eigenvalue weighted by Crippen LogP contribution is -2.30. The van der Waals surface area contributed by atoms with Crippen LogP contribution in [0.1, 0.15) is 271 Å². The fraction of sp³-hybridized carbons (Fsp3) is 0.938. The molecule has 0 aliphatic carbocycles. The average Bonchev–Trinajstić information content (AvgIpc) is 3.17. The van der Waals surface area contributed by atoms with Crippen molar-refractivity contribution in [1.29, 1.82) is 0 Å². The van der Waals surface area contributed by atoms with Gasteiger partial charge in [-0.05, 0) is 19.3 Å². The number of carbonyl (C=O) groups is 3. The molecule has 0 aromatic heterocycles. The maximum atomic E-state index is 12.6. The Hall–Kier alpha value is -1.59. The lowest BCUT2D eigenvalue weighted by Gasteiger charge is -2.18. The summed E-state index contributed by atoms with van der Waals surface area (Å²) in [7, 11) is 0. The second-order valence-corrected chi connectivity index (χ2v) is 16.4. The molecule has 320 valence electrons. The van der Waals surface area contributed by atoms with Crippen molar-refractivity contribution in [1.82, 2.24) is 0 Å². The van der Waals surface area contributed by atoms with E-state index in [0.29, 0.717) is 19.3 Å². The minimum Gasteiger partial charge on any atom is -0.462 e. The molecular weight excluding hydrogens is 673 g/mol. The Labute approximate surface area is 336 Å².